The number of rotatable bonds is 5. The molecule has 1 aliphatic rings. The lowest BCUT2D eigenvalue weighted by molar-refractivity contribution is -0.263. The van der Waals surface area contributed by atoms with Crippen LogP contribution in [0.1, 0.15) is 13.3 Å². The maximum Gasteiger partial charge on any atom is 0.255 e. The van der Waals surface area contributed by atoms with Crippen LogP contribution in [0.5, 0.6) is 0 Å². The Balaban J connectivity index is 2.64. The van der Waals surface area contributed by atoms with Gasteiger partial charge in [0, 0.05) is 20.1 Å². The van der Waals surface area contributed by atoms with Crippen LogP contribution in [0.2, 0.25) is 0 Å². The number of halogens is 1. The van der Waals surface area contributed by atoms with Gasteiger partial charge in [-0.05, 0) is 6.92 Å². The summed E-state index contributed by atoms with van der Waals surface area (Å²) >= 11 is 0. The fourth-order valence-corrected chi connectivity index (χ4v) is 1.92. The number of ether oxygens (including phenoxy) is 2. The third-order valence-electron chi connectivity index (χ3n) is 3.06. The highest BCUT2D eigenvalue weighted by Crippen LogP contribution is 2.21. The van der Waals surface area contributed by atoms with Gasteiger partial charge in [0.15, 0.2) is 12.5 Å². The van der Waals surface area contributed by atoms with Crippen molar-refractivity contribution in [3.05, 3.63) is 0 Å². The zero-order valence-corrected chi connectivity index (χ0v) is 10.8. The molecular weight excluding hydrogens is 261 g/mol. The smallest absolute Gasteiger partial charge is 0.255 e. The first-order chi connectivity index (χ1) is 8.92. The van der Waals surface area contributed by atoms with Gasteiger partial charge in [-0.2, -0.15) is 0 Å². The third kappa shape index (κ3) is 3.83. The fourth-order valence-electron chi connectivity index (χ4n) is 1.92. The zero-order valence-electron chi connectivity index (χ0n) is 10.8. The van der Waals surface area contributed by atoms with Gasteiger partial charge in [0.2, 0.25) is 0 Å². The molecule has 4 N–H and O–H groups in total. The average Bonchev–Trinajstić information content (AvgIpc) is 2.38. The molecule has 1 saturated heterocycles. The van der Waals surface area contributed by atoms with Crippen molar-refractivity contribution in [3.63, 3.8) is 0 Å². The Labute approximate surface area is 110 Å². The van der Waals surface area contributed by atoms with Crippen molar-refractivity contribution in [1.82, 2.24) is 5.32 Å². The largest absolute Gasteiger partial charge is 0.396 e. The van der Waals surface area contributed by atoms with Crippen LogP contribution >= 0.6 is 0 Å². The number of hydrogen-bond acceptors (Lipinski definition) is 6. The maximum absolute atomic E-state index is 13.3. The molecule has 1 fully saturated rings. The number of aliphatic hydroxyl groups is 3. The second-order valence-corrected chi connectivity index (χ2v) is 4.44. The minimum atomic E-state index is -1.87. The van der Waals surface area contributed by atoms with Crippen LogP contribution in [0.25, 0.3) is 0 Å². The summed E-state index contributed by atoms with van der Waals surface area (Å²) < 4.78 is 23.3. The van der Waals surface area contributed by atoms with Gasteiger partial charge in [-0.3, -0.25) is 4.79 Å². The Hall–Kier alpha value is -0.800. The number of methoxy groups -OCH3 is 1. The standard InChI is InChI=1S/C11H20FNO6/c1-5-7(13-10(17)6(12)3-4-14)8(15)9(16)11(18-2)19-5/h5-9,11,14-16H,3-4H2,1-2H3,(H,13,17)/t5-,6-,7-,8+,9+,11+/m1/s1. The number of alkyl halides is 1. The number of hydrogen-bond donors (Lipinski definition) is 4. The van der Waals surface area contributed by atoms with Crippen LogP contribution in [0, 0.1) is 0 Å². The maximum atomic E-state index is 13.3. The molecule has 0 spiro atoms. The predicted octanol–water partition coefficient (Wildman–Crippen LogP) is -1.70. The first-order valence-corrected chi connectivity index (χ1v) is 6.02. The number of carbonyl (C=O) groups is 1. The Morgan fingerprint density at radius 2 is 2.11 bits per heavy atom. The van der Waals surface area contributed by atoms with E-state index in [0.717, 1.165) is 0 Å². The molecule has 8 heteroatoms. The minimum Gasteiger partial charge on any atom is -0.396 e. The average molecular weight is 281 g/mol. The Kier molecular flexibility index (Phi) is 6.08. The number of nitrogens with one attached hydrogen (secondary N) is 1. The summed E-state index contributed by atoms with van der Waals surface area (Å²) in [7, 11) is 1.31. The summed E-state index contributed by atoms with van der Waals surface area (Å²) in [5.41, 5.74) is 0. The van der Waals surface area contributed by atoms with Gasteiger partial charge >= 0.3 is 0 Å². The summed E-state index contributed by atoms with van der Waals surface area (Å²) in [6.07, 6.45) is -6.54. The van der Waals surface area contributed by atoms with Crippen molar-refractivity contribution >= 4 is 5.91 Å². The molecule has 0 aromatic rings. The number of aliphatic hydroxyl groups excluding tert-OH is 3. The van der Waals surface area contributed by atoms with Crippen molar-refractivity contribution in [3.8, 4) is 0 Å². The summed E-state index contributed by atoms with van der Waals surface area (Å²) in [5.74, 6) is -0.961. The number of carbonyl (C=O) groups excluding carboxylic acids is 1. The molecule has 0 radical (unpaired) electrons. The monoisotopic (exact) mass is 281 g/mol. The van der Waals surface area contributed by atoms with Gasteiger partial charge in [-0.1, -0.05) is 0 Å². The molecule has 1 amide bonds. The van der Waals surface area contributed by atoms with Gasteiger partial charge in [0.25, 0.3) is 5.91 Å². The first kappa shape index (κ1) is 16.3. The molecular formula is C11H20FNO6. The van der Waals surface area contributed by atoms with E-state index in [4.69, 9.17) is 14.6 Å². The van der Waals surface area contributed by atoms with Crippen molar-refractivity contribution in [2.24, 2.45) is 0 Å². The summed E-state index contributed by atoms with van der Waals surface area (Å²) in [5, 5.41) is 30.4. The SMILES string of the molecule is CO[C@H]1O[C@H](C)[C@@H](NC(=O)[C@H](F)CCO)[C@H](O)[C@@H]1O. The minimum absolute atomic E-state index is 0.326. The zero-order chi connectivity index (χ0) is 14.6. The third-order valence-corrected chi connectivity index (χ3v) is 3.06. The molecule has 0 aliphatic carbocycles. The molecule has 0 bridgehead atoms. The van der Waals surface area contributed by atoms with E-state index in [2.05, 4.69) is 5.32 Å². The van der Waals surface area contributed by atoms with Crippen LogP contribution in [0.4, 0.5) is 4.39 Å². The van der Waals surface area contributed by atoms with E-state index in [1.165, 1.54) is 7.11 Å². The second-order valence-electron chi connectivity index (χ2n) is 4.44. The Bertz CT molecular complexity index is 305. The highest BCUT2D eigenvalue weighted by atomic mass is 19.1. The van der Waals surface area contributed by atoms with Crippen LogP contribution in [0.15, 0.2) is 0 Å². The highest BCUT2D eigenvalue weighted by Gasteiger charge is 2.44. The molecule has 19 heavy (non-hydrogen) atoms. The Morgan fingerprint density at radius 1 is 1.47 bits per heavy atom. The quantitative estimate of drug-likeness (QED) is 0.478. The van der Waals surface area contributed by atoms with Gasteiger partial charge < -0.3 is 30.1 Å². The van der Waals surface area contributed by atoms with E-state index in [-0.39, 0.29) is 6.42 Å². The summed E-state index contributed by atoms with van der Waals surface area (Å²) in [6.45, 7) is 1.10. The summed E-state index contributed by atoms with van der Waals surface area (Å²) in [4.78, 5) is 11.5. The van der Waals surface area contributed by atoms with Crippen molar-refractivity contribution in [2.75, 3.05) is 13.7 Å². The molecule has 6 atom stereocenters. The molecule has 1 rings (SSSR count). The lowest BCUT2D eigenvalue weighted by Gasteiger charge is -2.41. The van der Waals surface area contributed by atoms with Gasteiger partial charge in [0.05, 0.1) is 12.1 Å². The lowest BCUT2D eigenvalue weighted by Crippen LogP contribution is -2.63. The molecule has 1 heterocycles. The van der Waals surface area contributed by atoms with E-state index >= 15 is 0 Å². The van der Waals surface area contributed by atoms with E-state index in [9.17, 15) is 19.4 Å². The van der Waals surface area contributed by atoms with Crippen LogP contribution in [-0.4, -0.2) is 71.8 Å². The van der Waals surface area contributed by atoms with Gasteiger partial charge in [-0.15, -0.1) is 0 Å². The lowest BCUT2D eigenvalue weighted by atomic mass is 9.96. The van der Waals surface area contributed by atoms with Crippen molar-refractivity contribution in [2.45, 2.75) is 50.2 Å². The topological polar surface area (TPSA) is 108 Å². The van der Waals surface area contributed by atoms with E-state index < -0.39 is 49.3 Å². The first-order valence-electron chi connectivity index (χ1n) is 6.02. The molecule has 0 saturated carbocycles. The van der Waals surface area contributed by atoms with Crippen molar-refractivity contribution in [1.29, 1.82) is 0 Å². The molecule has 1 aliphatic heterocycles. The van der Waals surface area contributed by atoms with Gasteiger partial charge in [-0.25, -0.2) is 4.39 Å². The Morgan fingerprint density at radius 3 is 2.63 bits per heavy atom. The molecule has 0 unspecified atom stereocenters. The highest BCUT2D eigenvalue weighted by molar-refractivity contribution is 5.81. The number of amides is 1. The summed E-state index contributed by atoms with van der Waals surface area (Å²) in [6, 6.07) is -0.953. The van der Waals surface area contributed by atoms with Gasteiger partial charge in [0.1, 0.15) is 12.2 Å². The van der Waals surface area contributed by atoms with Crippen LogP contribution in [-0.2, 0) is 14.3 Å². The molecule has 7 nitrogen and oxygen atoms in total. The molecule has 0 aromatic carbocycles. The van der Waals surface area contributed by atoms with Crippen molar-refractivity contribution < 1.29 is 34.0 Å². The molecule has 0 aromatic heterocycles. The van der Waals surface area contributed by atoms with Crippen LogP contribution < -0.4 is 5.32 Å². The van der Waals surface area contributed by atoms with E-state index in [1.807, 2.05) is 0 Å². The second kappa shape index (κ2) is 7.11. The van der Waals surface area contributed by atoms with Crippen LogP contribution in [0.3, 0.4) is 0 Å². The predicted molar refractivity (Wildman–Crippen MR) is 61.9 cm³/mol. The fraction of sp³-hybridized carbons (Fsp3) is 0.909. The normalized spacial score (nSPS) is 36.8. The molecule has 112 valence electrons. The van der Waals surface area contributed by atoms with E-state index in [0.29, 0.717) is 0 Å². The van der Waals surface area contributed by atoms with E-state index in [1.54, 1.807) is 6.92 Å².